The first-order chi connectivity index (χ1) is 9.41. The number of carbonyl (C=O) groups is 1. The van der Waals surface area contributed by atoms with E-state index in [1.54, 1.807) is 0 Å². The molecule has 0 spiro atoms. The van der Waals surface area contributed by atoms with Crippen LogP contribution in [0.4, 0.5) is 0 Å². The Kier molecular flexibility index (Phi) is 4.63. The molecule has 0 bridgehead atoms. The zero-order chi connectivity index (χ0) is 14.9. The van der Waals surface area contributed by atoms with Crippen molar-refractivity contribution < 1.29 is 4.79 Å². The quantitative estimate of drug-likeness (QED) is 0.836. The first-order valence-electron chi connectivity index (χ1n) is 7.27. The largest absolute Gasteiger partial charge is 0.332 e. The van der Waals surface area contributed by atoms with Crippen LogP contribution in [0.5, 0.6) is 0 Å². The van der Waals surface area contributed by atoms with Crippen LogP contribution in [0.25, 0.3) is 0 Å². The fraction of sp³-hybridized carbons (Fsp3) is 0.667. The summed E-state index contributed by atoms with van der Waals surface area (Å²) in [6, 6.07) is 0.472. The first kappa shape index (κ1) is 15.2. The standard InChI is InChI=1S/C15H22ClN3O/c1-9(2)14-17-8-12(16)13(18-14)15(20)19-10(3)6-5-7-11(19)4/h8-11H,5-7H2,1-4H3/t10-,11+. The zero-order valence-electron chi connectivity index (χ0n) is 12.6. The molecule has 110 valence electrons. The predicted molar refractivity (Wildman–Crippen MR) is 80.1 cm³/mol. The maximum Gasteiger partial charge on any atom is 0.274 e. The van der Waals surface area contributed by atoms with Crippen LogP contribution in [0.15, 0.2) is 6.20 Å². The third-order valence-corrected chi connectivity index (χ3v) is 4.19. The number of hydrogen-bond acceptors (Lipinski definition) is 3. The summed E-state index contributed by atoms with van der Waals surface area (Å²) >= 11 is 6.14. The molecular formula is C15H22ClN3O. The Morgan fingerprint density at radius 2 is 1.95 bits per heavy atom. The second-order valence-corrected chi connectivity index (χ2v) is 6.33. The van der Waals surface area contributed by atoms with Gasteiger partial charge in [0.05, 0.1) is 11.2 Å². The summed E-state index contributed by atoms with van der Waals surface area (Å²) in [5, 5.41) is 0.337. The maximum atomic E-state index is 12.8. The van der Waals surface area contributed by atoms with Crippen molar-refractivity contribution in [2.24, 2.45) is 0 Å². The van der Waals surface area contributed by atoms with Gasteiger partial charge in [0.2, 0.25) is 0 Å². The molecule has 0 N–H and O–H groups in total. The van der Waals surface area contributed by atoms with Crippen LogP contribution < -0.4 is 0 Å². The van der Waals surface area contributed by atoms with Gasteiger partial charge in [-0.2, -0.15) is 0 Å². The van der Waals surface area contributed by atoms with Gasteiger partial charge < -0.3 is 4.90 Å². The van der Waals surface area contributed by atoms with Gasteiger partial charge in [0, 0.05) is 18.0 Å². The molecule has 0 radical (unpaired) electrons. The van der Waals surface area contributed by atoms with Gasteiger partial charge in [0.25, 0.3) is 5.91 Å². The van der Waals surface area contributed by atoms with E-state index in [-0.39, 0.29) is 23.9 Å². The number of halogens is 1. The lowest BCUT2D eigenvalue weighted by Gasteiger charge is -2.39. The van der Waals surface area contributed by atoms with Crippen molar-refractivity contribution in [2.45, 2.75) is 65.0 Å². The molecular weight excluding hydrogens is 274 g/mol. The average molecular weight is 296 g/mol. The van der Waals surface area contributed by atoms with Crippen molar-refractivity contribution >= 4 is 17.5 Å². The summed E-state index contributed by atoms with van der Waals surface area (Å²) in [6.07, 6.45) is 4.78. The SMILES string of the molecule is CC(C)c1ncc(Cl)c(C(=O)N2[C@H](C)CCC[C@@H]2C)n1. The first-order valence-corrected chi connectivity index (χ1v) is 7.64. The monoisotopic (exact) mass is 295 g/mol. The van der Waals surface area contributed by atoms with Crippen LogP contribution in [0, 0.1) is 0 Å². The molecule has 1 amide bonds. The van der Waals surface area contributed by atoms with Crippen molar-refractivity contribution in [1.29, 1.82) is 0 Å². The molecule has 2 heterocycles. The van der Waals surface area contributed by atoms with Crippen LogP contribution in [0.2, 0.25) is 5.02 Å². The lowest BCUT2D eigenvalue weighted by Crippen LogP contribution is -2.47. The summed E-state index contributed by atoms with van der Waals surface area (Å²) in [6.45, 7) is 8.19. The van der Waals surface area contributed by atoms with Gasteiger partial charge in [0.15, 0.2) is 5.69 Å². The van der Waals surface area contributed by atoms with Crippen LogP contribution in [-0.4, -0.2) is 32.9 Å². The van der Waals surface area contributed by atoms with E-state index >= 15 is 0 Å². The third kappa shape index (κ3) is 2.95. The average Bonchev–Trinajstić information content (AvgIpc) is 2.38. The molecule has 0 aliphatic carbocycles. The molecule has 2 rings (SSSR count). The number of likely N-dealkylation sites (tertiary alicyclic amines) is 1. The van der Waals surface area contributed by atoms with E-state index in [9.17, 15) is 4.79 Å². The molecule has 1 saturated heterocycles. The highest BCUT2D eigenvalue weighted by molar-refractivity contribution is 6.33. The normalized spacial score (nSPS) is 23.2. The fourth-order valence-corrected chi connectivity index (χ4v) is 2.92. The Balaban J connectivity index is 2.34. The van der Waals surface area contributed by atoms with Crippen molar-refractivity contribution in [1.82, 2.24) is 14.9 Å². The third-order valence-electron chi connectivity index (χ3n) is 3.91. The number of piperidine rings is 1. The Morgan fingerprint density at radius 3 is 2.50 bits per heavy atom. The van der Waals surface area contributed by atoms with Gasteiger partial charge in [-0.25, -0.2) is 9.97 Å². The van der Waals surface area contributed by atoms with Crippen molar-refractivity contribution in [3.63, 3.8) is 0 Å². The van der Waals surface area contributed by atoms with Gasteiger partial charge in [-0.1, -0.05) is 25.4 Å². The van der Waals surface area contributed by atoms with Crippen molar-refractivity contribution in [2.75, 3.05) is 0 Å². The molecule has 20 heavy (non-hydrogen) atoms. The zero-order valence-corrected chi connectivity index (χ0v) is 13.3. The summed E-state index contributed by atoms with van der Waals surface area (Å²) < 4.78 is 0. The molecule has 1 aliphatic rings. The summed E-state index contributed by atoms with van der Waals surface area (Å²) in [4.78, 5) is 23.3. The highest BCUT2D eigenvalue weighted by Crippen LogP contribution is 2.26. The van der Waals surface area contributed by atoms with E-state index < -0.39 is 0 Å². The van der Waals surface area contributed by atoms with Gasteiger partial charge in [-0.15, -0.1) is 0 Å². The number of carbonyl (C=O) groups excluding carboxylic acids is 1. The number of hydrogen-bond donors (Lipinski definition) is 0. The van der Waals surface area contributed by atoms with E-state index in [0.29, 0.717) is 16.5 Å². The Labute approximate surface area is 125 Å². The van der Waals surface area contributed by atoms with E-state index in [2.05, 4.69) is 23.8 Å². The van der Waals surface area contributed by atoms with E-state index in [1.807, 2.05) is 18.7 Å². The van der Waals surface area contributed by atoms with Gasteiger partial charge in [-0.3, -0.25) is 4.79 Å². The molecule has 1 aliphatic heterocycles. The number of aromatic nitrogens is 2. The molecule has 5 heteroatoms. The minimum Gasteiger partial charge on any atom is -0.332 e. The molecule has 0 aromatic carbocycles. The molecule has 1 aromatic rings. The number of amides is 1. The minimum atomic E-state index is -0.0704. The van der Waals surface area contributed by atoms with E-state index in [1.165, 1.54) is 12.6 Å². The number of rotatable bonds is 2. The van der Waals surface area contributed by atoms with Gasteiger partial charge in [0.1, 0.15) is 5.82 Å². The summed E-state index contributed by atoms with van der Waals surface area (Å²) in [7, 11) is 0. The van der Waals surface area contributed by atoms with Crippen LogP contribution in [0.1, 0.15) is 69.2 Å². The lowest BCUT2D eigenvalue weighted by atomic mass is 9.97. The molecule has 1 aromatic heterocycles. The molecule has 2 atom stereocenters. The Morgan fingerprint density at radius 1 is 1.35 bits per heavy atom. The summed E-state index contributed by atoms with van der Waals surface area (Å²) in [5.41, 5.74) is 0.339. The second kappa shape index (κ2) is 6.08. The van der Waals surface area contributed by atoms with E-state index in [4.69, 9.17) is 11.6 Å². The van der Waals surface area contributed by atoms with E-state index in [0.717, 1.165) is 12.8 Å². The van der Waals surface area contributed by atoms with Crippen molar-refractivity contribution in [3.8, 4) is 0 Å². The van der Waals surface area contributed by atoms with Crippen LogP contribution in [-0.2, 0) is 0 Å². The Hall–Kier alpha value is -1.16. The molecule has 1 fully saturated rings. The lowest BCUT2D eigenvalue weighted by molar-refractivity contribution is 0.0504. The predicted octanol–water partition coefficient (Wildman–Crippen LogP) is 3.66. The Bertz CT molecular complexity index is 494. The van der Waals surface area contributed by atoms with Crippen LogP contribution in [0.3, 0.4) is 0 Å². The topological polar surface area (TPSA) is 46.1 Å². The highest BCUT2D eigenvalue weighted by Gasteiger charge is 2.31. The highest BCUT2D eigenvalue weighted by atomic mass is 35.5. The maximum absolute atomic E-state index is 12.8. The fourth-order valence-electron chi connectivity index (χ4n) is 2.75. The number of nitrogens with zero attached hydrogens (tertiary/aromatic N) is 3. The van der Waals surface area contributed by atoms with Gasteiger partial charge >= 0.3 is 0 Å². The van der Waals surface area contributed by atoms with Crippen LogP contribution >= 0.6 is 11.6 Å². The molecule has 0 unspecified atom stereocenters. The summed E-state index contributed by atoms with van der Waals surface area (Å²) in [5.74, 6) is 0.768. The molecule has 4 nitrogen and oxygen atoms in total. The second-order valence-electron chi connectivity index (χ2n) is 5.92. The van der Waals surface area contributed by atoms with Crippen molar-refractivity contribution in [3.05, 3.63) is 22.7 Å². The van der Waals surface area contributed by atoms with Gasteiger partial charge in [-0.05, 0) is 33.1 Å². The molecule has 0 saturated carbocycles. The minimum absolute atomic E-state index is 0.0704. The smallest absolute Gasteiger partial charge is 0.274 e.